The first-order chi connectivity index (χ1) is 13.1. The van der Waals surface area contributed by atoms with E-state index in [-0.39, 0.29) is 11.9 Å². The van der Waals surface area contributed by atoms with Crippen LogP contribution in [0.15, 0.2) is 24.3 Å². The summed E-state index contributed by atoms with van der Waals surface area (Å²) >= 11 is 0. The highest BCUT2D eigenvalue weighted by molar-refractivity contribution is 5.81. The Hall–Kier alpha value is -1.63. The summed E-state index contributed by atoms with van der Waals surface area (Å²) in [7, 11) is 0. The predicted octanol–water partition coefficient (Wildman–Crippen LogP) is 1.68. The molecular formula is C21H33N3O3. The lowest BCUT2D eigenvalue weighted by atomic mass is 10.2. The molecule has 2 aliphatic heterocycles. The van der Waals surface area contributed by atoms with Gasteiger partial charge in [-0.3, -0.25) is 14.6 Å². The van der Waals surface area contributed by atoms with E-state index in [4.69, 9.17) is 9.47 Å². The topological polar surface area (TPSA) is 54.0 Å². The summed E-state index contributed by atoms with van der Waals surface area (Å²) in [6, 6.07) is 7.85. The van der Waals surface area contributed by atoms with Crippen LogP contribution in [0.3, 0.4) is 0 Å². The van der Waals surface area contributed by atoms with Crippen LogP contribution in [0, 0.1) is 6.92 Å². The highest BCUT2D eigenvalue weighted by Crippen LogP contribution is 2.15. The molecule has 2 saturated heterocycles. The Bertz CT molecular complexity index is 596. The summed E-state index contributed by atoms with van der Waals surface area (Å²) in [5, 5.41) is 3.00. The van der Waals surface area contributed by atoms with E-state index >= 15 is 0 Å². The second kappa shape index (κ2) is 10.1. The van der Waals surface area contributed by atoms with Crippen molar-refractivity contribution in [3.63, 3.8) is 0 Å². The Labute approximate surface area is 162 Å². The number of aryl methyl sites for hydroxylation is 1. The number of benzene rings is 1. The summed E-state index contributed by atoms with van der Waals surface area (Å²) < 4.78 is 11.4. The van der Waals surface area contributed by atoms with Gasteiger partial charge in [-0.25, -0.2) is 0 Å². The highest BCUT2D eigenvalue weighted by Gasteiger charge is 2.27. The van der Waals surface area contributed by atoms with Crippen LogP contribution in [0.25, 0.3) is 0 Å². The lowest BCUT2D eigenvalue weighted by molar-refractivity contribution is -0.126. The molecule has 0 radical (unpaired) electrons. The summed E-state index contributed by atoms with van der Waals surface area (Å²) in [6.45, 7) is 10.9. The SMILES string of the molecule is Cc1cccc(OCCNC(=O)C(C)N2CCN(CC3CCCO3)CC2)c1. The number of piperazine rings is 1. The lowest BCUT2D eigenvalue weighted by Crippen LogP contribution is -2.55. The van der Waals surface area contributed by atoms with Crippen LogP contribution in [-0.2, 0) is 9.53 Å². The van der Waals surface area contributed by atoms with E-state index in [0.717, 1.165) is 45.1 Å². The molecule has 0 aliphatic carbocycles. The maximum atomic E-state index is 12.4. The van der Waals surface area contributed by atoms with Crippen molar-refractivity contribution in [1.29, 1.82) is 0 Å². The second-order valence-corrected chi connectivity index (χ2v) is 7.60. The Balaban J connectivity index is 1.31. The molecule has 1 aromatic carbocycles. The van der Waals surface area contributed by atoms with Crippen LogP contribution in [-0.4, -0.2) is 80.3 Å². The van der Waals surface area contributed by atoms with Crippen molar-refractivity contribution < 1.29 is 14.3 Å². The van der Waals surface area contributed by atoms with E-state index in [1.54, 1.807) is 0 Å². The van der Waals surface area contributed by atoms with E-state index in [0.29, 0.717) is 19.3 Å². The first-order valence-electron chi connectivity index (χ1n) is 10.2. The quantitative estimate of drug-likeness (QED) is 0.701. The van der Waals surface area contributed by atoms with E-state index in [2.05, 4.69) is 15.1 Å². The zero-order valence-electron chi connectivity index (χ0n) is 16.7. The lowest BCUT2D eigenvalue weighted by Gasteiger charge is -2.38. The summed E-state index contributed by atoms with van der Waals surface area (Å²) in [6.07, 6.45) is 2.78. The zero-order valence-corrected chi connectivity index (χ0v) is 16.7. The van der Waals surface area contributed by atoms with Crippen LogP contribution in [0.4, 0.5) is 0 Å². The van der Waals surface area contributed by atoms with Crippen LogP contribution in [0.2, 0.25) is 0 Å². The van der Waals surface area contributed by atoms with Gasteiger partial charge in [-0.05, 0) is 44.4 Å². The number of carbonyl (C=O) groups excluding carboxylic acids is 1. The Morgan fingerprint density at radius 1 is 1.33 bits per heavy atom. The van der Waals surface area contributed by atoms with Gasteiger partial charge in [0, 0.05) is 39.3 Å². The van der Waals surface area contributed by atoms with Crippen molar-refractivity contribution in [3.05, 3.63) is 29.8 Å². The Morgan fingerprint density at radius 2 is 2.15 bits per heavy atom. The fourth-order valence-electron chi connectivity index (χ4n) is 3.77. The summed E-state index contributed by atoms with van der Waals surface area (Å²) in [5.41, 5.74) is 1.17. The fraction of sp³-hybridized carbons (Fsp3) is 0.667. The monoisotopic (exact) mass is 375 g/mol. The molecule has 150 valence electrons. The Morgan fingerprint density at radius 3 is 2.85 bits per heavy atom. The van der Waals surface area contributed by atoms with Gasteiger partial charge < -0.3 is 14.8 Å². The van der Waals surface area contributed by atoms with E-state index in [9.17, 15) is 4.79 Å². The molecule has 1 aromatic rings. The molecule has 0 saturated carbocycles. The predicted molar refractivity (Wildman–Crippen MR) is 106 cm³/mol. The number of nitrogens with zero attached hydrogens (tertiary/aromatic N) is 2. The molecule has 6 heteroatoms. The second-order valence-electron chi connectivity index (χ2n) is 7.60. The number of amides is 1. The summed E-state index contributed by atoms with van der Waals surface area (Å²) in [4.78, 5) is 17.2. The summed E-state index contributed by atoms with van der Waals surface area (Å²) in [5.74, 6) is 0.926. The average molecular weight is 376 g/mol. The molecule has 2 aliphatic rings. The minimum atomic E-state index is -0.103. The van der Waals surface area contributed by atoms with Gasteiger partial charge in [-0.1, -0.05) is 12.1 Å². The van der Waals surface area contributed by atoms with Crippen molar-refractivity contribution in [2.24, 2.45) is 0 Å². The third kappa shape index (κ3) is 6.19. The van der Waals surface area contributed by atoms with E-state index in [1.165, 1.54) is 18.4 Å². The number of rotatable bonds is 8. The molecule has 2 unspecified atom stereocenters. The number of carbonyl (C=O) groups is 1. The molecule has 0 aromatic heterocycles. The maximum absolute atomic E-state index is 12.4. The maximum Gasteiger partial charge on any atom is 0.237 e. The number of nitrogens with one attached hydrogen (secondary N) is 1. The fourth-order valence-corrected chi connectivity index (χ4v) is 3.77. The van der Waals surface area contributed by atoms with Gasteiger partial charge in [0.1, 0.15) is 12.4 Å². The molecule has 1 amide bonds. The van der Waals surface area contributed by atoms with Gasteiger partial charge in [-0.15, -0.1) is 0 Å². The molecule has 2 atom stereocenters. The molecule has 6 nitrogen and oxygen atoms in total. The van der Waals surface area contributed by atoms with Gasteiger partial charge >= 0.3 is 0 Å². The normalized spacial score (nSPS) is 22.5. The molecule has 1 N–H and O–H groups in total. The molecule has 0 bridgehead atoms. The number of hydrogen-bond donors (Lipinski definition) is 1. The van der Waals surface area contributed by atoms with Crippen molar-refractivity contribution >= 4 is 5.91 Å². The Kier molecular flexibility index (Phi) is 7.50. The molecule has 2 fully saturated rings. The highest BCUT2D eigenvalue weighted by atomic mass is 16.5. The van der Waals surface area contributed by atoms with E-state index < -0.39 is 0 Å². The molecular weight excluding hydrogens is 342 g/mol. The number of hydrogen-bond acceptors (Lipinski definition) is 5. The molecule has 0 spiro atoms. The van der Waals surface area contributed by atoms with Crippen LogP contribution in [0.5, 0.6) is 5.75 Å². The standard InChI is InChI=1S/C21H33N3O3/c1-17-5-3-6-19(15-17)27-14-8-22-21(25)18(2)24-11-9-23(10-12-24)16-20-7-4-13-26-20/h3,5-6,15,18,20H,4,7-14,16H2,1-2H3,(H,22,25). The van der Waals surface area contributed by atoms with Crippen molar-refractivity contribution in [2.45, 2.75) is 38.8 Å². The third-order valence-corrected chi connectivity index (χ3v) is 5.48. The van der Waals surface area contributed by atoms with Crippen LogP contribution < -0.4 is 10.1 Å². The molecule has 3 rings (SSSR count). The van der Waals surface area contributed by atoms with Gasteiger partial charge in [0.2, 0.25) is 5.91 Å². The minimum absolute atomic E-state index is 0.0791. The largest absolute Gasteiger partial charge is 0.492 e. The minimum Gasteiger partial charge on any atom is -0.492 e. The van der Waals surface area contributed by atoms with Gasteiger partial charge in [0.15, 0.2) is 0 Å². The average Bonchev–Trinajstić information content (AvgIpc) is 3.18. The molecule has 2 heterocycles. The van der Waals surface area contributed by atoms with E-state index in [1.807, 2.05) is 38.1 Å². The van der Waals surface area contributed by atoms with Gasteiger partial charge in [0.25, 0.3) is 0 Å². The van der Waals surface area contributed by atoms with Crippen LogP contribution in [0.1, 0.15) is 25.3 Å². The number of ether oxygens (including phenoxy) is 2. The van der Waals surface area contributed by atoms with Crippen molar-refractivity contribution in [3.8, 4) is 5.75 Å². The van der Waals surface area contributed by atoms with Gasteiger partial charge in [0.05, 0.1) is 18.7 Å². The third-order valence-electron chi connectivity index (χ3n) is 5.48. The smallest absolute Gasteiger partial charge is 0.237 e. The first-order valence-corrected chi connectivity index (χ1v) is 10.2. The molecule has 27 heavy (non-hydrogen) atoms. The van der Waals surface area contributed by atoms with Crippen molar-refractivity contribution in [1.82, 2.24) is 15.1 Å². The van der Waals surface area contributed by atoms with Crippen molar-refractivity contribution in [2.75, 3.05) is 52.5 Å². The van der Waals surface area contributed by atoms with Gasteiger partial charge in [-0.2, -0.15) is 0 Å². The first kappa shape index (κ1) is 20.1. The zero-order chi connectivity index (χ0) is 19.1. The van der Waals surface area contributed by atoms with Crippen LogP contribution >= 0.6 is 0 Å².